The van der Waals surface area contributed by atoms with Crippen LogP contribution in [0.4, 0.5) is 13.2 Å². The number of amidine groups is 1. The minimum absolute atomic E-state index is 0.194. The first-order chi connectivity index (χ1) is 20.2. The summed E-state index contributed by atoms with van der Waals surface area (Å²) in [5.41, 5.74) is 9.93. The summed E-state index contributed by atoms with van der Waals surface area (Å²) in [4.78, 5) is 2.11. The molecule has 4 aromatic carbocycles. The largest absolute Gasteiger partial charge is 0.455 e. The molecular weight excluding hydrogens is 578 g/mol. The highest BCUT2D eigenvalue weighted by molar-refractivity contribution is 8.00. The second kappa shape index (κ2) is 13.0. The molecule has 0 saturated carbocycles. The summed E-state index contributed by atoms with van der Waals surface area (Å²) in [6.45, 7) is 2.73. The van der Waals surface area contributed by atoms with Gasteiger partial charge in [-0.2, -0.15) is 18.3 Å². The SMILES string of the molecule is Cc1ccc2ccccc2c1SN(Cc1ccc(-c2cccc(SC/C(N)=N/N)c2)cc1)Cc1ccc(C(F)(F)F)o1. The highest BCUT2D eigenvalue weighted by Gasteiger charge is 2.35. The van der Waals surface area contributed by atoms with E-state index in [9.17, 15) is 13.2 Å². The number of rotatable bonds is 10. The van der Waals surface area contributed by atoms with Crippen LogP contribution in [0.3, 0.4) is 0 Å². The van der Waals surface area contributed by atoms with E-state index in [0.29, 0.717) is 18.1 Å². The minimum atomic E-state index is -4.53. The Hall–Kier alpha value is -3.86. The maximum Gasteiger partial charge on any atom is 0.449 e. The lowest BCUT2D eigenvalue weighted by Crippen LogP contribution is -2.16. The Morgan fingerprint density at radius 2 is 1.67 bits per heavy atom. The third-order valence-electron chi connectivity index (χ3n) is 6.60. The normalized spacial score (nSPS) is 12.4. The number of halogens is 3. The van der Waals surface area contributed by atoms with Crippen LogP contribution in [-0.4, -0.2) is 15.9 Å². The molecule has 216 valence electrons. The molecule has 0 saturated heterocycles. The van der Waals surface area contributed by atoms with Gasteiger partial charge in [0, 0.05) is 16.3 Å². The Labute approximate surface area is 250 Å². The number of fused-ring (bicyclic) bond motifs is 1. The fraction of sp³-hybridized carbons (Fsp3) is 0.156. The maximum atomic E-state index is 13.2. The molecular formula is C32H29F3N4OS2. The number of alkyl halides is 3. The Morgan fingerprint density at radius 1 is 0.881 bits per heavy atom. The van der Waals surface area contributed by atoms with Gasteiger partial charge in [0.2, 0.25) is 5.76 Å². The third kappa shape index (κ3) is 7.31. The average molecular weight is 607 g/mol. The van der Waals surface area contributed by atoms with Gasteiger partial charge < -0.3 is 16.0 Å². The molecule has 0 aliphatic carbocycles. The van der Waals surface area contributed by atoms with Crippen LogP contribution in [0.2, 0.25) is 0 Å². The van der Waals surface area contributed by atoms with Gasteiger partial charge in [0.25, 0.3) is 0 Å². The van der Waals surface area contributed by atoms with Crippen molar-refractivity contribution in [1.29, 1.82) is 0 Å². The van der Waals surface area contributed by atoms with Crippen LogP contribution < -0.4 is 11.6 Å². The van der Waals surface area contributed by atoms with Crippen molar-refractivity contribution in [1.82, 2.24) is 4.31 Å². The van der Waals surface area contributed by atoms with Crippen molar-refractivity contribution in [3.8, 4) is 11.1 Å². The second-order valence-corrected chi connectivity index (χ2v) is 11.9. The molecule has 0 spiro atoms. The summed E-state index contributed by atoms with van der Waals surface area (Å²) in [5.74, 6) is 5.37. The van der Waals surface area contributed by atoms with E-state index >= 15 is 0 Å². The molecule has 0 aliphatic rings. The van der Waals surface area contributed by atoms with Crippen LogP contribution in [0.1, 0.15) is 22.6 Å². The van der Waals surface area contributed by atoms with Crippen molar-refractivity contribution in [3.63, 3.8) is 0 Å². The highest BCUT2D eigenvalue weighted by atomic mass is 32.2. The predicted molar refractivity (Wildman–Crippen MR) is 166 cm³/mol. The lowest BCUT2D eigenvalue weighted by molar-refractivity contribution is -0.153. The molecule has 0 aliphatic heterocycles. The molecule has 5 rings (SSSR count). The lowest BCUT2D eigenvalue weighted by atomic mass is 10.0. The van der Waals surface area contributed by atoms with Crippen LogP contribution in [0, 0.1) is 6.92 Å². The van der Waals surface area contributed by atoms with E-state index in [1.807, 2.05) is 53.7 Å². The first kappa shape index (κ1) is 29.6. The van der Waals surface area contributed by atoms with Gasteiger partial charge in [-0.25, -0.2) is 4.31 Å². The second-order valence-electron chi connectivity index (χ2n) is 9.72. The first-order valence-electron chi connectivity index (χ1n) is 13.1. The van der Waals surface area contributed by atoms with E-state index in [1.165, 1.54) is 18.0 Å². The first-order valence-corrected chi connectivity index (χ1v) is 14.9. The van der Waals surface area contributed by atoms with Gasteiger partial charge in [-0.3, -0.25) is 0 Å². The number of furan rings is 1. The van der Waals surface area contributed by atoms with E-state index in [2.05, 4.69) is 47.6 Å². The standard InChI is InChI=1S/C32H29F3N4OS2/c1-21-9-12-24-5-2-3-8-28(24)31(21)42-39(19-26-15-16-29(40-26)32(33,34)35)18-22-10-13-23(14-11-22)25-6-4-7-27(17-25)41-20-30(36)38-37/h2-17H,18-20,37H2,1H3,(H2,36,38). The zero-order valence-electron chi connectivity index (χ0n) is 22.8. The van der Waals surface area contributed by atoms with Gasteiger partial charge in [0.15, 0.2) is 0 Å². The van der Waals surface area contributed by atoms with Crippen LogP contribution in [-0.2, 0) is 19.3 Å². The molecule has 0 amide bonds. The van der Waals surface area contributed by atoms with Crippen molar-refractivity contribution < 1.29 is 17.6 Å². The van der Waals surface area contributed by atoms with Gasteiger partial charge >= 0.3 is 6.18 Å². The maximum absolute atomic E-state index is 13.2. The monoisotopic (exact) mass is 606 g/mol. The molecule has 10 heteroatoms. The molecule has 1 aromatic heterocycles. The fourth-order valence-electron chi connectivity index (χ4n) is 4.48. The fourth-order valence-corrected chi connectivity index (χ4v) is 6.41. The molecule has 0 atom stereocenters. The van der Waals surface area contributed by atoms with Gasteiger partial charge in [-0.05, 0) is 76.2 Å². The van der Waals surface area contributed by atoms with Crippen molar-refractivity contribution in [2.24, 2.45) is 16.7 Å². The molecule has 0 fully saturated rings. The van der Waals surface area contributed by atoms with Gasteiger partial charge in [-0.1, -0.05) is 72.8 Å². The van der Waals surface area contributed by atoms with Crippen LogP contribution in [0.15, 0.2) is 116 Å². The zero-order chi connectivity index (χ0) is 29.7. The molecule has 1 heterocycles. The number of hydrogen-bond acceptors (Lipinski definition) is 6. The Bertz CT molecular complexity index is 1700. The number of nitrogens with two attached hydrogens (primary N) is 2. The van der Waals surface area contributed by atoms with Crippen molar-refractivity contribution in [2.45, 2.75) is 36.0 Å². The van der Waals surface area contributed by atoms with E-state index in [-0.39, 0.29) is 12.3 Å². The van der Waals surface area contributed by atoms with Crippen LogP contribution >= 0.6 is 23.7 Å². The summed E-state index contributed by atoms with van der Waals surface area (Å²) in [7, 11) is 0. The number of thioether (sulfide) groups is 1. The topological polar surface area (TPSA) is 80.8 Å². The third-order valence-corrected chi connectivity index (χ3v) is 8.87. The van der Waals surface area contributed by atoms with Gasteiger partial charge in [-0.15, -0.1) is 11.8 Å². The molecule has 0 unspecified atom stereocenters. The number of nitrogens with zero attached hydrogens (tertiary/aromatic N) is 2. The minimum Gasteiger partial charge on any atom is -0.455 e. The molecule has 0 bridgehead atoms. The predicted octanol–water partition coefficient (Wildman–Crippen LogP) is 8.46. The van der Waals surface area contributed by atoms with Crippen LogP contribution in [0.25, 0.3) is 21.9 Å². The summed E-state index contributed by atoms with van der Waals surface area (Å²) in [6.07, 6.45) is -4.53. The number of aryl methyl sites for hydroxylation is 1. The van der Waals surface area contributed by atoms with Crippen molar-refractivity contribution in [3.05, 3.63) is 120 Å². The Balaban J connectivity index is 1.39. The Morgan fingerprint density at radius 3 is 2.40 bits per heavy atom. The highest BCUT2D eigenvalue weighted by Crippen LogP contribution is 2.37. The van der Waals surface area contributed by atoms with Crippen molar-refractivity contribution >= 4 is 40.3 Å². The summed E-state index contributed by atoms with van der Waals surface area (Å²) >= 11 is 3.08. The summed E-state index contributed by atoms with van der Waals surface area (Å²) in [6, 6.07) is 30.9. The zero-order valence-corrected chi connectivity index (χ0v) is 24.4. The van der Waals surface area contributed by atoms with Crippen molar-refractivity contribution in [2.75, 3.05) is 5.75 Å². The summed E-state index contributed by atoms with van der Waals surface area (Å²) in [5, 5.41) is 5.71. The quantitative estimate of drug-likeness (QED) is 0.0415. The van der Waals surface area contributed by atoms with E-state index in [1.54, 1.807) is 11.8 Å². The summed E-state index contributed by atoms with van der Waals surface area (Å²) < 4.78 is 46.9. The van der Waals surface area contributed by atoms with E-state index < -0.39 is 11.9 Å². The van der Waals surface area contributed by atoms with E-state index in [0.717, 1.165) is 48.9 Å². The molecule has 0 radical (unpaired) electrons. The number of hydrazone groups is 1. The molecule has 4 N–H and O–H groups in total. The molecule has 5 aromatic rings. The Kier molecular flexibility index (Phi) is 9.15. The van der Waals surface area contributed by atoms with Crippen LogP contribution in [0.5, 0.6) is 0 Å². The van der Waals surface area contributed by atoms with Gasteiger partial charge in [0.1, 0.15) is 11.6 Å². The molecule has 42 heavy (non-hydrogen) atoms. The van der Waals surface area contributed by atoms with E-state index in [4.69, 9.17) is 16.0 Å². The lowest BCUT2D eigenvalue weighted by Gasteiger charge is -2.22. The number of hydrogen-bond donors (Lipinski definition) is 2. The number of benzene rings is 4. The average Bonchev–Trinajstić information content (AvgIpc) is 3.47. The smallest absolute Gasteiger partial charge is 0.449 e. The van der Waals surface area contributed by atoms with Gasteiger partial charge in [0.05, 0.1) is 12.3 Å². The molecule has 5 nitrogen and oxygen atoms in total.